The van der Waals surface area contributed by atoms with E-state index in [1.54, 1.807) is 21.0 Å². The smallest absolute Gasteiger partial charge is 0.125 e. The highest BCUT2D eigenvalue weighted by molar-refractivity contribution is 5.61. The summed E-state index contributed by atoms with van der Waals surface area (Å²) in [5.74, 6) is 0.793. The Morgan fingerprint density at radius 1 is 1.42 bits per heavy atom. The number of nitrogens with zero attached hydrogens (tertiary/aromatic N) is 1. The molecule has 3 N–H and O–H groups in total. The zero-order valence-electron chi connectivity index (χ0n) is 12.6. The largest absolute Gasteiger partial charge is 0.496 e. The average molecular weight is 266 g/mol. The first-order valence-corrected chi connectivity index (χ1v) is 6.70. The summed E-state index contributed by atoms with van der Waals surface area (Å²) >= 11 is 0. The molecule has 0 fully saturated rings. The number of hydrogen-bond donors (Lipinski definition) is 2. The van der Waals surface area contributed by atoms with Crippen molar-refractivity contribution in [3.63, 3.8) is 0 Å². The van der Waals surface area contributed by atoms with Crippen molar-refractivity contribution in [1.82, 2.24) is 0 Å². The van der Waals surface area contributed by atoms with E-state index in [4.69, 9.17) is 10.5 Å². The molecule has 108 valence electrons. The summed E-state index contributed by atoms with van der Waals surface area (Å²) in [7, 11) is 1.65. The van der Waals surface area contributed by atoms with Gasteiger partial charge in [0.05, 0.1) is 12.7 Å². The molecule has 0 saturated carbocycles. The number of methoxy groups -OCH3 is 1. The van der Waals surface area contributed by atoms with Gasteiger partial charge in [0.2, 0.25) is 0 Å². The van der Waals surface area contributed by atoms with E-state index in [1.807, 2.05) is 25.1 Å². The SMILES string of the molecule is CCN(CC(C)(C)O)c1cccc(OC)c1[C@@H](C)N. The van der Waals surface area contributed by atoms with E-state index in [2.05, 4.69) is 11.8 Å². The van der Waals surface area contributed by atoms with Gasteiger partial charge in [-0.2, -0.15) is 0 Å². The molecule has 0 aliphatic heterocycles. The van der Waals surface area contributed by atoms with Crippen LogP contribution in [0.2, 0.25) is 0 Å². The van der Waals surface area contributed by atoms with Crippen LogP contribution in [0.4, 0.5) is 5.69 Å². The van der Waals surface area contributed by atoms with Gasteiger partial charge in [-0.1, -0.05) is 6.07 Å². The number of ether oxygens (including phenoxy) is 1. The van der Waals surface area contributed by atoms with Crippen LogP contribution in [0.3, 0.4) is 0 Å². The summed E-state index contributed by atoms with van der Waals surface area (Å²) in [6, 6.07) is 5.77. The van der Waals surface area contributed by atoms with E-state index in [0.29, 0.717) is 6.54 Å². The lowest BCUT2D eigenvalue weighted by Crippen LogP contribution is -2.39. The number of hydrogen-bond acceptors (Lipinski definition) is 4. The van der Waals surface area contributed by atoms with Crippen molar-refractivity contribution in [3.05, 3.63) is 23.8 Å². The van der Waals surface area contributed by atoms with Gasteiger partial charge in [0.25, 0.3) is 0 Å². The predicted octanol–water partition coefficient (Wildman–Crippen LogP) is 2.31. The molecule has 1 atom stereocenters. The maximum Gasteiger partial charge on any atom is 0.125 e. The Hall–Kier alpha value is -1.26. The average Bonchev–Trinajstić information content (AvgIpc) is 2.33. The van der Waals surface area contributed by atoms with Gasteiger partial charge < -0.3 is 20.5 Å². The van der Waals surface area contributed by atoms with E-state index < -0.39 is 5.60 Å². The van der Waals surface area contributed by atoms with Crippen LogP contribution in [0.1, 0.15) is 39.3 Å². The number of nitrogens with two attached hydrogens (primary N) is 1. The monoisotopic (exact) mass is 266 g/mol. The standard InChI is InChI=1S/C15H26N2O2/c1-6-17(10-15(3,4)18)12-8-7-9-13(19-5)14(12)11(2)16/h7-9,11,18H,6,10,16H2,1-5H3/t11-/m1/s1. The maximum absolute atomic E-state index is 10.0. The van der Waals surface area contributed by atoms with Gasteiger partial charge in [0, 0.05) is 30.4 Å². The Balaban J connectivity index is 3.23. The summed E-state index contributed by atoms with van der Waals surface area (Å²) in [4.78, 5) is 2.13. The molecule has 0 amide bonds. The first kappa shape index (κ1) is 15.8. The molecule has 1 aromatic rings. The molecular weight excluding hydrogens is 240 g/mol. The molecule has 0 bridgehead atoms. The molecule has 0 spiro atoms. The second-order valence-electron chi connectivity index (χ2n) is 5.51. The summed E-state index contributed by atoms with van der Waals surface area (Å²) in [5.41, 5.74) is 7.33. The van der Waals surface area contributed by atoms with Gasteiger partial charge >= 0.3 is 0 Å². The van der Waals surface area contributed by atoms with Crippen molar-refractivity contribution in [2.45, 2.75) is 39.3 Å². The van der Waals surface area contributed by atoms with Crippen LogP contribution >= 0.6 is 0 Å². The molecule has 0 radical (unpaired) electrons. The molecule has 0 aliphatic rings. The molecule has 4 heteroatoms. The third-order valence-electron chi connectivity index (χ3n) is 3.02. The molecule has 1 rings (SSSR count). The van der Waals surface area contributed by atoms with Crippen LogP contribution in [0, 0.1) is 0 Å². The van der Waals surface area contributed by atoms with E-state index in [1.165, 1.54) is 0 Å². The van der Waals surface area contributed by atoms with Crippen molar-refractivity contribution in [2.24, 2.45) is 5.73 Å². The van der Waals surface area contributed by atoms with Crippen LogP contribution in [0.15, 0.2) is 18.2 Å². The van der Waals surface area contributed by atoms with Gasteiger partial charge in [-0.15, -0.1) is 0 Å². The summed E-state index contributed by atoms with van der Waals surface area (Å²) in [6.45, 7) is 8.98. The lowest BCUT2D eigenvalue weighted by Gasteiger charge is -2.32. The lowest BCUT2D eigenvalue weighted by molar-refractivity contribution is 0.0875. The van der Waals surface area contributed by atoms with Crippen LogP contribution in [0.5, 0.6) is 5.75 Å². The first-order valence-electron chi connectivity index (χ1n) is 6.70. The van der Waals surface area contributed by atoms with Crippen LogP contribution in [-0.4, -0.2) is 30.9 Å². The second kappa shape index (κ2) is 6.26. The van der Waals surface area contributed by atoms with Crippen molar-refractivity contribution in [2.75, 3.05) is 25.1 Å². The third kappa shape index (κ3) is 4.11. The zero-order valence-corrected chi connectivity index (χ0v) is 12.6. The summed E-state index contributed by atoms with van der Waals surface area (Å²) < 4.78 is 5.40. The van der Waals surface area contributed by atoms with Crippen molar-refractivity contribution >= 4 is 5.69 Å². The predicted molar refractivity (Wildman–Crippen MR) is 79.8 cm³/mol. The fourth-order valence-corrected chi connectivity index (χ4v) is 2.28. The van der Waals surface area contributed by atoms with E-state index >= 15 is 0 Å². The number of likely N-dealkylation sites (N-methyl/N-ethyl adjacent to an activating group) is 1. The Morgan fingerprint density at radius 3 is 2.47 bits per heavy atom. The minimum Gasteiger partial charge on any atom is -0.496 e. The van der Waals surface area contributed by atoms with Crippen LogP contribution in [-0.2, 0) is 0 Å². The Bertz CT molecular complexity index is 411. The minimum atomic E-state index is -0.756. The van der Waals surface area contributed by atoms with Gasteiger partial charge in [0.15, 0.2) is 0 Å². The minimum absolute atomic E-state index is 0.123. The molecular formula is C15H26N2O2. The van der Waals surface area contributed by atoms with Crippen molar-refractivity contribution < 1.29 is 9.84 Å². The highest BCUT2D eigenvalue weighted by Gasteiger charge is 2.22. The number of rotatable bonds is 6. The highest BCUT2D eigenvalue weighted by atomic mass is 16.5. The molecule has 0 unspecified atom stereocenters. The molecule has 4 nitrogen and oxygen atoms in total. The molecule has 0 heterocycles. The van der Waals surface area contributed by atoms with Gasteiger partial charge in [-0.25, -0.2) is 0 Å². The second-order valence-corrected chi connectivity index (χ2v) is 5.51. The summed E-state index contributed by atoms with van der Waals surface area (Å²) in [5, 5.41) is 10.0. The quantitative estimate of drug-likeness (QED) is 0.829. The van der Waals surface area contributed by atoms with Gasteiger partial charge in [-0.3, -0.25) is 0 Å². The van der Waals surface area contributed by atoms with Crippen LogP contribution < -0.4 is 15.4 Å². The van der Waals surface area contributed by atoms with Crippen molar-refractivity contribution in [3.8, 4) is 5.75 Å². The fraction of sp³-hybridized carbons (Fsp3) is 0.600. The third-order valence-corrected chi connectivity index (χ3v) is 3.02. The number of aliphatic hydroxyl groups is 1. The number of anilines is 1. The Morgan fingerprint density at radius 2 is 2.05 bits per heavy atom. The highest BCUT2D eigenvalue weighted by Crippen LogP contribution is 2.34. The Kier molecular flexibility index (Phi) is 5.20. The molecule has 0 aromatic heterocycles. The molecule has 0 aliphatic carbocycles. The zero-order chi connectivity index (χ0) is 14.6. The maximum atomic E-state index is 10.0. The van der Waals surface area contributed by atoms with Gasteiger partial charge in [0.1, 0.15) is 5.75 Å². The molecule has 19 heavy (non-hydrogen) atoms. The Labute approximate surface area is 116 Å². The van der Waals surface area contributed by atoms with E-state index in [0.717, 1.165) is 23.5 Å². The molecule has 1 aromatic carbocycles. The fourth-order valence-electron chi connectivity index (χ4n) is 2.28. The van der Waals surface area contributed by atoms with Crippen molar-refractivity contribution in [1.29, 1.82) is 0 Å². The van der Waals surface area contributed by atoms with Gasteiger partial charge in [-0.05, 0) is 39.8 Å². The first-order chi connectivity index (χ1) is 8.80. The lowest BCUT2D eigenvalue weighted by atomic mass is 10.0. The van der Waals surface area contributed by atoms with Crippen LogP contribution in [0.25, 0.3) is 0 Å². The van der Waals surface area contributed by atoms with E-state index in [-0.39, 0.29) is 6.04 Å². The normalized spacial score (nSPS) is 13.2. The van der Waals surface area contributed by atoms with E-state index in [9.17, 15) is 5.11 Å². The topological polar surface area (TPSA) is 58.7 Å². The number of benzene rings is 1. The summed E-state index contributed by atoms with van der Waals surface area (Å²) in [6.07, 6.45) is 0. The molecule has 0 saturated heterocycles.